The minimum atomic E-state index is -0.299. The van der Waals surface area contributed by atoms with Gasteiger partial charge in [-0.25, -0.2) is 0 Å². The summed E-state index contributed by atoms with van der Waals surface area (Å²) < 4.78 is 6.03. The highest BCUT2D eigenvalue weighted by Gasteiger charge is 2.40. The zero-order valence-corrected chi connectivity index (χ0v) is 13.0. The SMILES string of the molecule is CCCCCCCOC1CCCC(C#N)(NC2CC2)C1. The van der Waals surface area contributed by atoms with Crippen LogP contribution in [0.4, 0.5) is 0 Å². The van der Waals surface area contributed by atoms with Crippen molar-refractivity contribution in [2.24, 2.45) is 0 Å². The molecule has 2 atom stereocenters. The molecule has 2 aliphatic rings. The fraction of sp³-hybridized carbons (Fsp3) is 0.941. The molecule has 2 unspecified atom stereocenters. The van der Waals surface area contributed by atoms with E-state index in [2.05, 4.69) is 18.3 Å². The van der Waals surface area contributed by atoms with Gasteiger partial charge < -0.3 is 4.74 Å². The van der Waals surface area contributed by atoms with Gasteiger partial charge in [-0.1, -0.05) is 32.6 Å². The molecule has 3 nitrogen and oxygen atoms in total. The minimum absolute atomic E-state index is 0.292. The summed E-state index contributed by atoms with van der Waals surface area (Å²) in [6, 6.07) is 3.15. The maximum Gasteiger partial charge on any atom is 0.109 e. The molecule has 0 aromatic carbocycles. The molecule has 2 aliphatic carbocycles. The van der Waals surface area contributed by atoms with Gasteiger partial charge in [0.15, 0.2) is 0 Å². The standard InChI is InChI=1S/C17H30N2O/c1-2-3-4-5-6-12-20-16-8-7-11-17(13-16,14-18)19-15-9-10-15/h15-16,19H,2-13H2,1H3. The van der Waals surface area contributed by atoms with Gasteiger partial charge in [0.2, 0.25) is 0 Å². The maximum atomic E-state index is 9.54. The number of hydrogen-bond acceptors (Lipinski definition) is 3. The highest BCUT2D eigenvalue weighted by molar-refractivity contribution is 5.12. The molecule has 0 heterocycles. The average Bonchev–Trinajstić information content (AvgIpc) is 3.27. The number of unbranched alkanes of at least 4 members (excludes halogenated alkanes) is 4. The highest BCUT2D eigenvalue weighted by Crippen LogP contribution is 2.33. The Kier molecular flexibility index (Phi) is 6.32. The summed E-state index contributed by atoms with van der Waals surface area (Å²) in [4.78, 5) is 0. The predicted octanol–water partition coefficient (Wildman–Crippen LogP) is 3.93. The molecule has 0 aliphatic heterocycles. The second-order valence-corrected chi connectivity index (χ2v) is 6.62. The second-order valence-electron chi connectivity index (χ2n) is 6.62. The van der Waals surface area contributed by atoms with E-state index < -0.39 is 0 Å². The zero-order chi connectivity index (χ0) is 14.3. The topological polar surface area (TPSA) is 45.0 Å². The molecule has 0 spiro atoms. The van der Waals surface area contributed by atoms with E-state index in [1.54, 1.807) is 0 Å². The van der Waals surface area contributed by atoms with Gasteiger partial charge in [-0.05, 0) is 38.5 Å². The monoisotopic (exact) mass is 278 g/mol. The van der Waals surface area contributed by atoms with E-state index in [9.17, 15) is 5.26 Å². The summed E-state index contributed by atoms with van der Waals surface area (Å²) in [6.45, 7) is 3.12. The van der Waals surface area contributed by atoms with E-state index in [1.807, 2.05) is 0 Å². The Labute approximate surface area is 124 Å². The van der Waals surface area contributed by atoms with Gasteiger partial charge in [0.1, 0.15) is 5.54 Å². The fourth-order valence-electron chi connectivity index (χ4n) is 3.21. The molecule has 0 aromatic heterocycles. The van der Waals surface area contributed by atoms with Crippen molar-refractivity contribution in [3.63, 3.8) is 0 Å². The summed E-state index contributed by atoms with van der Waals surface area (Å²) in [5, 5.41) is 13.1. The molecule has 2 rings (SSSR count). The number of nitrogens with zero attached hydrogens (tertiary/aromatic N) is 1. The number of rotatable bonds is 9. The lowest BCUT2D eigenvalue weighted by molar-refractivity contribution is 0.00700. The Hall–Kier alpha value is -0.590. The quantitative estimate of drug-likeness (QED) is 0.650. The first-order valence-corrected chi connectivity index (χ1v) is 8.58. The highest BCUT2D eigenvalue weighted by atomic mass is 16.5. The van der Waals surface area contributed by atoms with Gasteiger partial charge in [-0.15, -0.1) is 0 Å². The molecule has 20 heavy (non-hydrogen) atoms. The minimum Gasteiger partial charge on any atom is -0.378 e. The van der Waals surface area contributed by atoms with Crippen LogP contribution < -0.4 is 5.32 Å². The molecule has 2 fully saturated rings. The Bertz CT molecular complexity index is 321. The molecule has 1 N–H and O–H groups in total. The number of nitriles is 1. The van der Waals surface area contributed by atoms with E-state index in [4.69, 9.17) is 4.74 Å². The van der Waals surface area contributed by atoms with Crippen molar-refractivity contribution in [2.75, 3.05) is 6.61 Å². The fourth-order valence-corrected chi connectivity index (χ4v) is 3.21. The molecule has 0 radical (unpaired) electrons. The van der Waals surface area contributed by atoms with E-state index in [0.717, 1.165) is 32.3 Å². The molecule has 0 saturated heterocycles. The Morgan fingerprint density at radius 3 is 2.70 bits per heavy atom. The van der Waals surface area contributed by atoms with Crippen LogP contribution in [-0.4, -0.2) is 24.3 Å². The van der Waals surface area contributed by atoms with Crippen LogP contribution in [0.15, 0.2) is 0 Å². The van der Waals surface area contributed by atoms with Crippen molar-refractivity contribution in [1.82, 2.24) is 5.32 Å². The average molecular weight is 278 g/mol. The van der Waals surface area contributed by atoms with Crippen molar-refractivity contribution < 1.29 is 4.74 Å². The third-order valence-corrected chi connectivity index (χ3v) is 4.58. The summed E-state index contributed by atoms with van der Waals surface area (Å²) in [7, 11) is 0. The predicted molar refractivity (Wildman–Crippen MR) is 81.5 cm³/mol. The number of hydrogen-bond donors (Lipinski definition) is 1. The zero-order valence-electron chi connectivity index (χ0n) is 13.0. The van der Waals surface area contributed by atoms with Crippen LogP contribution in [0.3, 0.4) is 0 Å². The summed E-state index contributed by atoms with van der Waals surface area (Å²) in [5.74, 6) is 0. The van der Waals surface area contributed by atoms with Crippen molar-refractivity contribution in [1.29, 1.82) is 5.26 Å². The van der Waals surface area contributed by atoms with Gasteiger partial charge in [0.25, 0.3) is 0 Å². The van der Waals surface area contributed by atoms with Crippen LogP contribution >= 0.6 is 0 Å². The Balaban J connectivity index is 1.66. The second kappa shape index (κ2) is 8.00. The summed E-state index contributed by atoms with van der Waals surface area (Å²) in [5.41, 5.74) is -0.299. The van der Waals surface area contributed by atoms with Crippen LogP contribution in [0.5, 0.6) is 0 Å². The molecule has 0 aromatic rings. The molecule has 0 amide bonds. The van der Waals surface area contributed by atoms with Crippen LogP contribution in [0.2, 0.25) is 0 Å². The van der Waals surface area contributed by atoms with Crippen molar-refractivity contribution in [2.45, 2.75) is 95.2 Å². The van der Waals surface area contributed by atoms with Gasteiger partial charge >= 0.3 is 0 Å². The third kappa shape index (κ3) is 5.07. The van der Waals surface area contributed by atoms with Gasteiger partial charge in [-0.3, -0.25) is 5.32 Å². The first-order valence-electron chi connectivity index (χ1n) is 8.58. The first kappa shape index (κ1) is 15.8. The lowest BCUT2D eigenvalue weighted by Crippen LogP contribution is -2.50. The van der Waals surface area contributed by atoms with E-state index in [0.29, 0.717) is 12.1 Å². The molecular formula is C17H30N2O. The maximum absolute atomic E-state index is 9.54. The largest absolute Gasteiger partial charge is 0.378 e. The lowest BCUT2D eigenvalue weighted by atomic mass is 9.81. The number of nitrogens with one attached hydrogen (secondary N) is 1. The Morgan fingerprint density at radius 2 is 2.00 bits per heavy atom. The smallest absolute Gasteiger partial charge is 0.109 e. The van der Waals surface area contributed by atoms with E-state index >= 15 is 0 Å². The molecule has 114 valence electrons. The normalized spacial score (nSPS) is 30.1. The van der Waals surface area contributed by atoms with Crippen LogP contribution in [0.1, 0.15) is 77.6 Å². The Morgan fingerprint density at radius 1 is 1.20 bits per heavy atom. The molecule has 2 saturated carbocycles. The van der Waals surface area contributed by atoms with Crippen LogP contribution in [-0.2, 0) is 4.74 Å². The molecule has 0 bridgehead atoms. The third-order valence-electron chi connectivity index (χ3n) is 4.58. The van der Waals surface area contributed by atoms with Gasteiger partial charge in [-0.2, -0.15) is 5.26 Å². The van der Waals surface area contributed by atoms with E-state index in [-0.39, 0.29) is 5.54 Å². The molecule has 3 heteroatoms. The first-order chi connectivity index (χ1) is 9.78. The number of ether oxygens (including phenoxy) is 1. The van der Waals surface area contributed by atoms with Crippen molar-refractivity contribution in [3.05, 3.63) is 0 Å². The summed E-state index contributed by atoms with van der Waals surface area (Å²) >= 11 is 0. The summed E-state index contributed by atoms with van der Waals surface area (Å²) in [6.07, 6.45) is 13.3. The van der Waals surface area contributed by atoms with Gasteiger partial charge in [0.05, 0.1) is 12.2 Å². The van der Waals surface area contributed by atoms with Crippen LogP contribution in [0.25, 0.3) is 0 Å². The van der Waals surface area contributed by atoms with Crippen molar-refractivity contribution >= 4 is 0 Å². The molecular weight excluding hydrogens is 248 g/mol. The lowest BCUT2D eigenvalue weighted by Gasteiger charge is -2.36. The van der Waals surface area contributed by atoms with Crippen LogP contribution in [0, 0.1) is 11.3 Å². The van der Waals surface area contributed by atoms with Gasteiger partial charge in [0, 0.05) is 19.1 Å². The van der Waals surface area contributed by atoms with E-state index in [1.165, 1.54) is 44.9 Å². The van der Waals surface area contributed by atoms with Crippen molar-refractivity contribution in [3.8, 4) is 6.07 Å².